The number of rotatable bonds is 1. The van der Waals surface area contributed by atoms with Gasteiger partial charge < -0.3 is 5.73 Å². The molecule has 2 unspecified atom stereocenters. The van der Waals surface area contributed by atoms with Crippen LogP contribution in [0.25, 0.3) is 0 Å². The molecule has 0 bridgehead atoms. The predicted molar refractivity (Wildman–Crippen MR) is 69.8 cm³/mol. The minimum absolute atomic E-state index is 0.0544. The first kappa shape index (κ1) is 12.8. The summed E-state index contributed by atoms with van der Waals surface area (Å²) < 4.78 is 13.9. The van der Waals surface area contributed by atoms with Gasteiger partial charge in [0.1, 0.15) is 5.82 Å². The highest BCUT2D eigenvalue weighted by atomic mass is 35.5. The van der Waals surface area contributed by atoms with Crippen LogP contribution in [0.4, 0.5) is 4.39 Å². The zero-order valence-electron chi connectivity index (χ0n) is 10.3. The number of hydrogen-bond acceptors (Lipinski definition) is 1. The Morgan fingerprint density at radius 2 is 2.12 bits per heavy atom. The Morgan fingerprint density at radius 1 is 1.41 bits per heavy atom. The lowest BCUT2D eigenvalue weighted by atomic mass is 9.68. The molecule has 0 saturated heterocycles. The molecule has 1 nitrogen and oxygen atoms in total. The minimum atomic E-state index is -0.226. The van der Waals surface area contributed by atoms with E-state index in [-0.39, 0.29) is 23.2 Å². The van der Waals surface area contributed by atoms with Gasteiger partial charge >= 0.3 is 0 Å². The van der Waals surface area contributed by atoms with Crippen molar-refractivity contribution in [2.75, 3.05) is 0 Å². The molecule has 2 rings (SSSR count). The number of nitrogens with two attached hydrogens (primary N) is 1. The van der Waals surface area contributed by atoms with Crippen molar-refractivity contribution in [2.24, 2.45) is 11.1 Å². The summed E-state index contributed by atoms with van der Waals surface area (Å²) in [6.45, 7) is 4.44. The van der Waals surface area contributed by atoms with Crippen LogP contribution in [0.5, 0.6) is 0 Å². The van der Waals surface area contributed by atoms with Crippen LogP contribution < -0.4 is 5.73 Å². The second-order valence-corrected chi connectivity index (χ2v) is 6.28. The van der Waals surface area contributed by atoms with E-state index in [4.69, 9.17) is 17.3 Å². The Hall–Kier alpha value is -0.600. The molecule has 2 atom stereocenters. The monoisotopic (exact) mass is 255 g/mol. The maximum Gasteiger partial charge on any atom is 0.128 e. The van der Waals surface area contributed by atoms with Crippen LogP contribution in [0.1, 0.15) is 44.6 Å². The van der Waals surface area contributed by atoms with Crippen molar-refractivity contribution in [2.45, 2.75) is 45.1 Å². The fraction of sp³-hybridized carbons (Fsp3) is 0.571. The standard InChI is InChI=1S/C14H19ClFN/c1-14(2)6-5-13(17)11(8-14)10-4-3-9(15)7-12(10)16/h3-4,7,11,13H,5-6,8,17H2,1-2H3. The van der Waals surface area contributed by atoms with Gasteiger partial charge in [0.05, 0.1) is 0 Å². The summed E-state index contributed by atoms with van der Waals surface area (Å²) in [7, 11) is 0. The van der Waals surface area contributed by atoms with Gasteiger partial charge in [-0.05, 0) is 42.4 Å². The van der Waals surface area contributed by atoms with Crippen LogP contribution in [-0.4, -0.2) is 6.04 Å². The van der Waals surface area contributed by atoms with Gasteiger partial charge in [-0.2, -0.15) is 0 Å². The van der Waals surface area contributed by atoms with E-state index in [0.29, 0.717) is 5.02 Å². The van der Waals surface area contributed by atoms with Gasteiger partial charge in [-0.1, -0.05) is 31.5 Å². The number of hydrogen-bond donors (Lipinski definition) is 1. The van der Waals surface area contributed by atoms with Crippen molar-refractivity contribution in [3.63, 3.8) is 0 Å². The quantitative estimate of drug-likeness (QED) is 0.803. The Kier molecular flexibility index (Phi) is 3.46. The van der Waals surface area contributed by atoms with E-state index in [1.165, 1.54) is 6.07 Å². The van der Waals surface area contributed by atoms with E-state index in [1.807, 2.05) is 0 Å². The second kappa shape index (κ2) is 4.58. The first-order chi connectivity index (χ1) is 7.89. The molecule has 17 heavy (non-hydrogen) atoms. The van der Waals surface area contributed by atoms with Gasteiger partial charge in [0.25, 0.3) is 0 Å². The van der Waals surface area contributed by atoms with Crippen LogP contribution in [0, 0.1) is 11.2 Å². The van der Waals surface area contributed by atoms with Crippen molar-refractivity contribution in [1.29, 1.82) is 0 Å². The second-order valence-electron chi connectivity index (χ2n) is 5.84. The van der Waals surface area contributed by atoms with Gasteiger partial charge in [0.15, 0.2) is 0 Å². The van der Waals surface area contributed by atoms with Gasteiger partial charge in [0, 0.05) is 17.0 Å². The van der Waals surface area contributed by atoms with Gasteiger partial charge in [-0.15, -0.1) is 0 Å². The summed E-state index contributed by atoms with van der Waals surface area (Å²) in [6.07, 6.45) is 3.01. The maximum atomic E-state index is 13.9. The topological polar surface area (TPSA) is 26.0 Å². The molecule has 0 heterocycles. The highest BCUT2D eigenvalue weighted by Gasteiger charge is 2.34. The summed E-state index contributed by atoms with van der Waals surface area (Å²) in [4.78, 5) is 0. The van der Waals surface area contributed by atoms with E-state index in [9.17, 15) is 4.39 Å². The van der Waals surface area contributed by atoms with Crippen LogP contribution in [0.2, 0.25) is 5.02 Å². The lowest BCUT2D eigenvalue weighted by Crippen LogP contribution is -2.38. The molecular formula is C14H19ClFN. The Balaban J connectivity index is 2.31. The molecule has 1 aromatic carbocycles. The molecule has 1 saturated carbocycles. The highest BCUT2D eigenvalue weighted by molar-refractivity contribution is 6.30. The van der Waals surface area contributed by atoms with Gasteiger partial charge in [-0.25, -0.2) is 4.39 Å². The van der Waals surface area contributed by atoms with Crippen molar-refractivity contribution >= 4 is 11.6 Å². The van der Waals surface area contributed by atoms with Crippen LogP contribution in [0.15, 0.2) is 18.2 Å². The van der Waals surface area contributed by atoms with Crippen molar-refractivity contribution < 1.29 is 4.39 Å². The average Bonchev–Trinajstić information content (AvgIpc) is 2.22. The maximum absolute atomic E-state index is 13.9. The smallest absolute Gasteiger partial charge is 0.128 e. The molecule has 0 radical (unpaired) electrons. The van der Waals surface area contributed by atoms with Crippen molar-refractivity contribution in [1.82, 2.24) is 0 Å². The molecular weight excluding hydrogens is 237 g/mol. The highest BCUT2D eigenvalue weighted by Crippen LogP contribution is 2.43. The van der Waals surface area contributed by atoms with Gasteiger partial charge in [-0.3, -0.25) is 0 Å². The van der Waals surface area contributed by atoms with E-state index < -0.39 is 0 Å². The molecule has 0 amide bonds. The summed E-state index contributed by atoms with van der Waals surface area (Å²) >= 11 is 5.78. The molecule has 94 valence electrons. The first-order valence-electron chi connectivity index (χ1n) is 6.09. The normalized spacial score (nSPS) is 28.1. The molecule has 3 heteroatoms. The summed E-state index contributed by atoms with van der Waals surface area (Å²) in [5.74, 6) is -0.119. The lowest BCUT2D eigenvalue weighted by Gasteiger charge is -2.39. The molecule has 0 aromatic heterocycles. The van der Waals surface area contributed by atoms with E-state index >= 15 is 0 Å². The molecule has 1 aliphatic rings. The van der Waals surface area contributed by atoms with E-state index in [2.05, 4.69) is 13.8 Å². The summed E-state index contributed by atoms with van der Waals surface area (Å²) in [5, 5.41) is 0.440. The number of benzene rings is 1. The third-order valence-electron chi connectivity index (χ3n) is 3.81. The molecule has 0 spiro atoms. The first-order valence-corrected chi connectivity index (χ1v) is 6.47. The largest absolute Gasteiger partial charge is 0.327 e. The minimum Gasteiger partial charge on any atom is -0.327 e. The molecule has 1 fully saturated rings. The summed E-state index contributed by atoms with van der Waals surface area (Å²) in [5.41, 5.74) is 7.10. The zero-order valence-corrected chi connectivity index (χ0v) is 11.1. The average molecular weight is 256 g/mol. The van der Waals surface area contributed by atoms with Crippen LogP contribution >= 0.6 is 11.6 Å². The van der Waals surface area contributed by atoms with E-state index in [0.717, 1.165) is 24.8 Å². The Morgan fingerprint density at radius 3 is 2.76 bits per heavy atom. The van der Waals surface area contributed by atoms with Crippen LogP contribution in [-0.2, 0) is 0 Å². The van der Waals surface area contributed by atoms with E-state index in [1.54, 1.807) is 12.1 Å². The predicted octanol–water partition coefficient (Wildman–Crippen LogP) is 4.10. The fourth-order valence-electron chi connectivity index (χ4n) is 2.75. The molecule has 2 N–H and O–H groups in total. The van der Waals surface area contributed by atoms with Gasteiger partial charge in [0.2, 0.25) is 0 Å². The summed E-state index contributed by atoms with van der Waals surface area (Å²) in [6, 6.07) is 4.96. The SMILES string of the molecule is CC1(C)CCC(N)C(c2ccc(Cl)cc2F)C1. The van der Waals surface area contributed by atoms with Crippen molar-refractivity contribution in [3.05, 3.63) is 34.6 Å². The van der Waals surface area contributed by atoms with Crippen molar-refractivity contribution in [3.8, 4) is 0 Å². The number of halogens is 2. The zero-order chi connectivity index (χ0) is 12.6. The molecule has 1 aromatic rings. The molecule has 1 aliphatic carbocycles. The lowest BCUT2D eigenvalue weighted by molar-refractivity contribution is 0.196. The Labute approximate surface area is 107 Å². The Bertz CT molecular complexity index is 417. The van der Waals surface area contributed by atoms with Crippen LogP contribution in [0.3, 0.4) is 0 Å². The third-order valence-corrected chi connectivity index (χ3v) is 4.04. The molecule has 0 aliphatic heterocycles. The fourth-order valence-corrected chi connectivity index (χ4v) is 2.91. The third kappa shape index (κ3) is 2.80.